The second-order valence-electron chi connectivity index (χ2n) is 4.61. The maximum atomic E-state index is 5.96. The molecule has 0 radical (unpaired) electrons. The number of aromatic nitrogens is 2. The van der Waals surface area contributed by atoms with Crippen molar-refractivity contribution in [2.75, 3.05) is 5.32 Å². The molecule has 1 unspecified atom stereocenters. The van der Waals surface area contributed by atoms with Crippen molar-refractivity contribution in [3.63, 3.8) is 0 Å². The lowest BCUT2D eigenvalue weighted by Gasteiger charge is -2.20. The van der Waals surface area contributed by atoms with E-state index in [1.807, 2.05) is 42.5 Å². The molecule has 1 aromatic carbocycles. The summed E-state index contributed by atoms with van der Waals surface area (Å²) in [5.74, 6) is 0.744. The number of nitrogens with zero attached hydrogens (tertiary/aromatic N) is 2. The number of halogens is 1. The van der Waals surface area contributed by atoms with Crippen LogP contribution < -0.4 is 5.32 Å². The van der Waals surface area contributed by atoms with Crippen molar-refractivity contribution < 1.29 is 0 Å². The summed E-state index contributed by atoms with van der Waals surface area (Å²) in [4.78, 5) is 8.38. The lowest BCUT2D eigenvalue weighted by Crippen LogP contribution is -2.13. The topological polar surface area (TPSA) is 37.8 Å². The van der Waals surface area contributed by atoms with E-state index >= 15 is 0 Å². The van der Waals surface area contributed by atoms with Crippen LogP contribution in [-0.2, 0) is 0 Å². The molecule has 0 aliphatic heterocycles. The highest BCUT2D eigenvalue weighted by atomic mass is 35.5. The first kappa shape index (κ1) is 13.6. The van der Waals surface area contributed by atoms with Gasteiger partial charge in [-0.1, -0.05) is 48.0 Å². The van der Waals surface area contributed by atoms with Crippen LogP contribution in [0.2, 0.25) is 5.15 Å². The van der Waals surface area contributed by atoms with E-state index in [4.69, 9.17) is 11.6 Å². The average molecular weight is 296 g/mol. The SMILES string of the molecule is Clc1cccc(NC(c2ccccc2)c2ccncc2)n1. The smallest absolute Gasteiger partial charge is 0.131 e. The third-order valence-corrected chi connectivity index (χ3v) is 3.39. The molecule has 21 heavy (non-hydrogen) atoms. The molecule has 2 heterocycles. The van der Waals surface area contributed by atoms with E-state index in [9.17, 15) is 0 Å². The van der Waals surface area contributed by atoms with Gasteiger partial charge in [-0.05, 0) is 35.4 Å². The van der Waals surface area contributed by atoms with Gasteiger partial charge in [0.05, 0.1) is 6.04 Å². The van der Waals surface area contributed by atoms with E-state index in [1.165, 1.54) is 0 Å². The minimum Gasteiger partial charge on any atom is -0.359 e. The molecular weight excluding hydrogens is 282 g/mol. The Balaban J connectivity index is 1.97. The monoisotopic (exact) mass is 295 g/mol. The van der Waals surface area contributed by atoms with Crippen LogP contribution in [0.4, 0.5) is 5.82 Å². The zero-order valence-corrected chi connectivity index (χ0v) is 12.0. The fourth-order valence-electron chi connectivity index (χ4n) is 2.20. The summed E-state index contributed by atoms with van der Waals surface area (Å²) >= 11 is 5.96. The summed E-state index contributed by atoms with van der Waals surface area (Å²) in [5.41, 5.74) is 2.28. The number of hydrogen-bond acceptors (Lipinski definition) is 3. The fraction of sp³-hybridized carbons (Fsp3) is 0.0588. The van der Waals surface area contributed by atoms with Crippen LogP contribution in [-0.4, -0.2) is 9.97 Å². The quantitative estimate of drug-likeness (QED) is 0.728. The molecule has 3 rings (SSSR count). The molecule has 0 amide bonds. The highest BCUT2D eigenvalue weighted by Gasteiger charge is 2.14. The summed E-state index contributed by atoms with van der Waals surface area (Å²) < 4.78 is 0. The third kappa shape index (κ3) is 3.38. The molecule has 4 heteroatoms. The normalized spacial score (nSPS) is 11.9. The van der Waals surface area contributed by atoms with Crippen molar-refractivity contribution in [1.82, 2.24) is 9.97 Å². The Labute approximate surface area is 128 Å². The van der Waals surface area contributed by atoms with Crippen LogP contribution in [0.25, 0.3) is 0 Å². The van der Waals surface area contributed by atoms with Gasteiger partial charge in [-0.3, -0.25) is 4.98 Å². The van der Waals surface area contributed by atoms with Gasteiger partial charge in [0.1, 0.15) is 11.0 Å². The maximum absolute atomic E-state index is 5.96. The molecule has 3 aromatic rings. The van der Waals surface area contributed by atoms with Crippen LogP contribution in [0, 0.1) is 0 Å². The summed E-state index contributed by atoms with van der Waals surface area (Å²) in [6.07, 6.45) is 3.58. The van der Waals surface area contributed by atoms with Crippen LogP contribution in [0.1, 0.15) is 17.2 Å². The molecule has 2 aromatic heterocycles. The van der Waals surface area contributed by atoms with Crippen molar-refractivity contribution >= 4 is 17.4 Å². The number of rotatable bonds is 4. The molecule has 1 atom stereocenters. The summed E-state index contributed by atoms with van der Waals surface area (Å²) in [5, 5.41) is 3.90. The lowest BCUT2D eigenvalue weighted by atomic mass is 10.00. The standard InChI is InChI=1S/C17H14ClN3/c18-15-7-4-8-16(20-15)21-17(13-5-2-1-3-6-13)14-9-11-19-12-10-14/h1-12,17H,(H,20,21). The van der Waals surface area contributed by atoms with E-state index in [2.05, 4.69) is 27.4 Å². The molecule has 3 nitrogen and oxygen atoms in total. The third-order valence-electron chi connectivity index (χ3n) is 3.18. The second kappa shape index (κ2) is 6.37. The van der Waals surface area contributed by atoms with Crippen LogP contribution >= 0.6 is 11.6 Å². The molecule has 0 bridgehead atoms. The minimum absolute atomic E-state index is 0.000154. The number of anilines is 1. The first-order chi connectivity index (χ1) is 10.3. The molecular formula is C17H14ClN3. The largest absolute Gasteiger partial charge is 0.359 e. The Morgan fingerprint density at radius 2 is 1.52 bits per heavy atom. The zero-order valence-electron chi connectivity index (χ0n) is 11.3. The van der Waals surface area contributed by atoms with Gasteiger partial charge in [-0.15, -0.1) is 0 Å². The Morgan fingerprint density at radius 1 is 0.810 bits per heavy atom. The highest BCUT2D eigenvalue weighted by molar-refractivity contribution is 6.29. The van der Waals surface area contributed by atoms with Gasteiger partial charge in [-0.25, -0.2) is 4.98 Å². The maximum Gasteiger partial charge on any atom is 0.131 e. The van der Waals surface area contributed by atoms with Crippen molar-refractivity contribution in [3.05, 3.63) is 89.3 Å². The molecule has 1 N–H and O–H groups in total. The van der Waals surface area contributed by atoms with Gasteiger partial charge in [0.2, 0.25) is 0 Å². The molecule has 104 valence electrons. The number of benzene rings is 1. The number of hydrogen-bond donors (Lipinski definition) is 1. The summed E-state index contributed by atoms with van der Waals surface area (Å²) in [6.45, 7) is 0. The number of pyridine rings is 2. The predicted molar refractivity (Wildman–Crippen MR) is 85.4 cm³/mol. The summed E-state index contributed by atoms with van der Waals surface area (Å²) in [7, 11) is 0. The van der Waals surface area contributed by atoms with Crippen molar-refractivity contribution in [2.45, 2.75) is 6.04 Å². The van der Waals surface area contributed by atoms with Crippen molar-refractivity contribution in [1.29, 1.82) is 0 Å². The zero-order chi connectivity index (χ0) is 14.5. The Kier molecular flexibility index (Phi) is 4.12. The van der Waals surface area contributed by atoms with Crippen LogP contribution in [0.5, 0.6) is 0 Å². The highest BCUT2D eigenvalue weighted by Crippen LogP contribution is 2.25. The van der Waals surface area contributed by atoms with E-state index < -0.39 is 0 Å². The van der Waals surface area contributed by atoms with Gasteiger partial charge >= 0.3 is 0 Å². The van der Waals surface area contributed by atoms with Crippen molar-refractivity contribution in [3.8, 4) is 0 Å². The molecule has 0 aliphatic rings. The van der Waals surface area contributed by atoms with Gasteiger partial charge in [0.25, 0.3) is 0 Å². The lowest BCUT2D eigenvalue weighted by molar-refractivity contribution is 0.922. The number of nitrogens with one attached hydrogen (secondary N) is 1. The van der Waals surface area contributed by atoms with E-state index in [1.54, 1.807) is 18.5 Å². The second-order valence-corrected chi connectivity index (χ2v) is 5.00. The van der Waals surface area contributed by atoms with Crippen LogP contribution in [0.15, 0.2) is 73.1 Å². The Morgan fingerprint density at radius 3 is 2.24 bits per heavy atom. The Hall–Kier alpha value is -2.39. The van der Waals surface area contributed by atoms with Crippen LogP contribution in [0.3, 0.4) is 0 Å². The van der Waals surface area contributed by atoms with Gasteiger partial charge in [-0.2, -0.15) is 0 Å². The van der Waals surface area contributed by atoms with Gasteiger partial charge in [0.15, 0.2) is 0 Å². The first-order valence-electron chi connectivity index (χ1n) is 6.67. The van der Waals surface area contributed by atoms with E-state index in [0.717, 1.165) is 16.9 Å². The van der Waals surface area contributed by atoms with Gasteiger partial charge in [0, 0.05) is 12.4 Å². The average Bonchev–Trinajstić information content (AvgIpc) is 2.54. The molecule has 0 saturated carbocycles. The van der Waals surface area contributed by atoms with E-state index in [0.29, 0.717) is 5.15 Å². The molecule has 0 saturated heterocycles. The first-order valence-corrected chi connectivity index (χ1v) is 7.05. The van der Waals surface area contributed by atoms with Gasteiger partial charge < -0.3 is 5.32 Å². The predicted octanol–water partition coefficient (Wildman–Crippen LogP) is 4.33. The summed E-state index contributed by atoms with van der Waals surface area (Å²) in [6, 6.07) is 19.8. The Bertz CT molecular complexity index is 662. The van der Waals surface area contributed by atoms with E-state index in [-0.39, 0.29) is 6.04 Å². The fourth-order valence-corrected chi connectivity index (χ4v) is 2.36. The molecule has 0 spiro atoms. The minimum atomic E-state index is 0.000154. The van der Waals surface area contributed by atoms with Crippen molar-refractivity contribution in [2.24, 2.45) is 0 Å². The molecule has 0 aliphatic carbocycles. The molecule has 0 fully saturated rings.